The summed E-state index contributed by atoms with van der Waals surface area (Å²) in [6.45, 7) is 0. The maximum Gasteiger partial charge on any atom is 0.123 e. The van der Waals surface area contributed by atoms with Crippen LogP contribution in [0.5, 0.6) is 11.5 Å². The molecule has 0 amide bonds. The van der Waals surface area contributed by atoms with Crippen molar-refractivity contribution in [3.05, 3.63) is 35.4 Å². The van der Waals surface area contributed by atoms with Crippen LogP contribution in [0.2, 0.25) is 0 Å². The molecule has 0 spiro atoms. The molecule has 0 unspecified atom stereocenters. The maximum absolute atomic E-state index is 11.2. The fourth-order valence-electron chi connectivity index (χ4n) is 11.0. The lowest BCUT2D eigenvalue weighted by molar-refractivity contribution is -0.00607. The standard InChI is InChI=1S/C30H36O2/c31-27-9-24(29-11-17-1-18(12-29)3-19(2-17)13-29)7-23-8-26(28(32)10-25(23)27)30-14-20-4-21(15-30)6-22(5-20)16-30/h7-10,17-22,31-32H,1-6,11-16H2. The Morgan fingerprint density at radius 2 is 1.00 bits per heavy atom. The number of hydrogen-bond acceptors (Lipinski definition) is 2. The van der Waals surface area contributed by atoms with Crippen LogP contribution in [0, 0.1) is 35.5 Å². The first kappa shape index (κ1) is 18.7. The summed E-state index contributed by atoms with van der Waals surface area (Å²) in [4.78, 5) is 0. The average molecular weight is 429 g/mol. The molecule has 0 atom stereocenters. The molecule has 8 bridgehead atoms. The highest BCUT2D eigenvalue weighted by Gasteiger charge is 2.53. The number of fused-ring (bicyclic) bond motifs is 1. The van der Waals surface area contributed by atoms with Crippen LogP contribution in [0.3, 0.4) is 0 Å². The van der Waals surface area contributed by atoms with Crippen LogP contribution in [0.15, 0.2) is 24.3 Å². The zero-order valence-electron chi connectivity index (χ0n) is 19.2. The van der Waals surface area contributed by atoms with Crippen molar-refractivity contribution in [2.24, 2.45) is 35.5 Å². The van der Waals surface area contributed by atoms with Gasteiger partial charge in [0.2, 0.25) is 0 Å². The molecule has 0 aliphatic heterocycles. The molecule has 168 valence electrons. The van der Waals surface area contributed by atoms with E-state index in [9.17, 15) is 10.2 Å². The number of phenolic OH excluding ortho intramolecular Hbond substituents is 2. The van der Waals surface area contributed by atoms with Crippen molar-refractivity contribution in [2.75, 3.05) is 0 Å². The fraction of sp³-hybridized carbons (Fsp3) is 0.667. The summed E-state index contributed by atoms with van der Waals surface area (Å²) in [6, 6.07) is 8.69. The first-order valence-electron chi connectivity index (χ1n) is 13.5. The zero-order valence-corrected chi connectivity index (χ0v) is 19.2. The van der Waals surface area contributed by atoms with E-state index in [0.29, 0.717) is 16.9 Å². The number of phenols is 2. The molecule has 8 aliphatic rings. The predicted octanol–water partition coefficient (Wildman–Crippen LogP) is 7.19. The smallest absolute Gasteiger partial charge is 0.123 e. The summed E-state index contributed by atoms with van der Waals surface area (Å²) < 4.78 is 0. The molecule has 0 radical (unpaired) electrons. The Morgan fingerprint density at radius 1 is 0.531 bits per heavy atom. The lowest BCUT2D eigenvalue weighted by Gasteiger charge is -2.57. The molecule has 2 aromatic rings. The van der Waals surface area contributed by atoms with E-state index in [1.165, 1.54) is 93.6 Å². The number of aromatic hydroxyl groups is 2. The van der Waals surface area contributed by atoms with Gasteiger partial charge in [-0.25, -0.2) is 0 Å². The van der Waals surface area contributed by atoms with E-state index in [-0.39, 0.29) is 5.41 Å². The van der Waals surface area contributed by atoms with Crippen LogP contribution >= 0.6 is 0 Å². The highest BCUT2D eigenvalue weighted by molar-refractivity contribution is 5.91. The van der Waals surface area contributed by atoms with E-state index in [1.54, 1.807) is 0 Å². The lowest BCUT2D eigenvalue weighted by Crippen LogP contribution is -2.48. The molecule has 8 saturated carbocycles. The quantitative estimate of drug-likeness (QED) is 0.531. The van der Waals surface area contributed by atoms with Gasteiger partial charge in [-0.3, -0.25) is 0 Å². The largest absolute Gasteiger partial charge is 0.508 e. The highest BCUT2D eigenvalue weighted by Crippen LogP contribution is 2.63. The Balaban J connectivity index is 1.26. The van der Waals surface area contributed by atoms with E-state index in [0.717, 1.165) is 40.9 Å². The minimum atomic E-state index is 0.180. The van der Waals surface area contributed by atoms with Gasteiger partial charge in [0.15, 0.2) is 0 Å². The van der Waals surface area contributed by atoms with Crippen LogP contribution in [0.1, 0.15) is 88.2 Å². The Labute approximate surface area is 191 Å². The SMILES string of the molecule is Oc1cc2c(O)cc(C34CC5CC(CC(C5)C3)C4)cc2cc1C12CC3CC(CC(C3)C1)C2. The van der Waals surface area contributed by atoms with Gasteiger partial charge in [0.25, 0.3) is 0 Å². The van der Waals surface area contributed by atoms with Crippen LogP contribution < -0.4 is 0 Å². The molecule has 10 rings (SSSR count). The highest BCUT2D eigenvalue weighted by atomic mass is 16.3. The van der Waals surface area contributed by atoms with Crippen molar-refractivity contribution in [1.29, 1.82) is 0 Å². The first-order valence-corrected chi connectivity index (χ1v) is 13.5. The van der Waals surface area contributed by atoms with Gasteiger partial charge in [-0.05, 0) is 153 Å². The van der Waals surface area contributed by atoms with Crippen LogP contribution in [-0.2, 0) is 10.8 Å². The molecule has 8 aliphatic carbocycles. The number of hydrogen-bond donors (Lipinski definition) is 2. The lowest BCUT2D eigenvalue weighted by atomic mass is 9.47. The molecule has 32 heavy (non-hydrogen) atoms. The van der Waals surface area contributed by atoms with E-state index in [4.69, 9.17) is 0 Å². The van der Waals surface area contributed by atoms with Crippen molar-refractivity contribution in [3.63, 3.8) is 0 Å². The molecular formula is C30H36O2. The van der Waals surface area contributed by atoms with Crippen molar-refractivity contribution < 1.29 is 10.2 Å². The second-order valence-electron chi connectivity index (χ2n) is 13.5. The third-order valence-corrected chi connectivity index (χ3v) is 11.3. The van der Waals surface area contributed by atoms with Crippen LogP contribution in [0.4, 0.5) is 0 Å². The Bertz CT molecular complexity index is 1060. The summed E-state index contributed by atoms with van der Waals surface area (Å²) in [5, 5.41) is 24.3. The predicted molar refractivity (Wildman–Crippen MR) is 127 cm³/mol. The summed E-state index contributed by atoms with van der Waals surface area (Å²) >= 11 is 0. The van der Waals surface area contributed by atoms with Crippen molar-refractivity contribution in [2.45, 2.75) is 87.9 Å². The van der Waals surface area contributed by atoms with Crippen LogP contribution in [-0.4, -0.2) is 10.2 Å². The maximum atomic E-state index is 11.2. The van der Waals surface area contributed by atoms with Gasteiger partial charge in [0.05, 0.1) is 0 Å². The Hall–Kier alpha value is -1.70. The van der Waals surface area contributed by atoms with E-state index >= 15 is 0 Å². The van der Waals surface area contributed by atoms with Gasteiger partial charge in [-0.1, -0.05) is 6.07 Å². The Kier molecular flexibility index (Phi) is 3.53. The molecule has 2 aromatic carbocycles. The van der Waals surface area contributed by atoms with E-state index < -0.39 is 0 Å². The topological polar surface area (TPSA) is 40.5 Å². The molecule has 0 aromatic heterocycles. The second kappa shape index (κ2) is 6.05. The summed E-state index contributed by atoms with van der Waals surface area (Å²) in [5.41, 5.74) is 3.06. The minimum Gasteiger partial charge on any atom is -0.508 e. The molecule has 2 N–H and O–H groups in total. The normalized spacial score (nSPS) is 45.8. The molecule has 8 fully saturated rings. The zero-order chi connectivity index (χ0) is 21.2. The second-order valence-corrected chi connectivity index (χ2v) is 13.5. The first-order chi connectivity index (χ1) is 15.5. The van der Waals surface area contributed by atoms with E-state index in [2.05, 4.69) is 18.2 Å². The third kappa shape index (κ3) is 2.48. The van der Waals surface area contributed by atoms with Crippen molar-refractivity contribution >= 4 is 10.8 Å². The fourth-order valence-corrected chi connectivity index (χ4v) is 11.0. The monoisotopic (exact) mass is 428 g/mol. The molecule has 0 saturated heterocycles. The van der Waals surface area contributed by atoms with Gasteiger partial charge >= 0.3 is 0 Å². The van der Waals surface area contributed by atoms with Crippen LogP contribution in [0.25, 0.3) is 10.8 Å². The Morgan fingerprint density at radius 3 is 1.50 bits per heavy atom. The number of benzene rings is 2. The number of rotatable bonds is 2. The van der Waals surface area contributed by atoms with Gasteiger partial charge in [0, 0.05) is 10.9 Å². The average Bonchev–Trinajstić information content (AvgIpc) is 2.72. The van der Waals surface area contributed by atoms with Gasteiger partial charge in [-0.15, -0.1) is 0 Å². The molecule has 2 nitrogen and oxygen atoms in total. The third-order valence-electron chi connectivity index (χ3n) is 11.3. The molecule has 2 heteroatoms. The summed E-state index contributed by atoms with van der Waals surface area (Å²) in [7, 11) is 0. The van der Waals surface area contributed by atoms with Crippen molar-refractivity contribution in [1.82, 2.24) is 0 Å². The summed E-state index contributed by atoms with van der Waals surface area (Å²) in [6.07, 6.45) is 16.4. The molecular weight excluding hydrogens is 392 g/mol. The molecule has 0 heterocycles. The van der Waals surface area contributed by atoms with Gasteiger partial charge in [0.1, 0.15) is 11.5 Å². The van der Waals surface area contributed by atoms with Gasteiger partial charge in [-0.2, -0.15) is 0 Å². The van der Waals surface area contributed by atoms with E-state index in [1.807, 2.05) is 6.07 Å². The minimum absolute atomic E-state index is 0.180. The summed E-state index contributed by atoms with van der Waals surface area (Å²) in [5.74, 6) is 6.11. The van der Waals surface area contributed by atoms with Gasteiger partial charge < -0.3 is 10.2 Å². The van der Waals surface area contributed by atoms with Crippen molar-refractivity contribution in [3.8, 4) is 11.5 Å².